The van der Waals surface area contributed by atoms with Crippen molar-refractivity contribution in [3.8, 4) is 16.8 Å². The van der Waals surface area contributed by atoms with E-state index in [1.54, 1.807) is 10.9 Å². The highest BCUT2D eigenvalue weighted by Gasteiger charge is 2.15. The first-order valence-corrected chi connectivity index (χ1v) is 8.29. The Morgan fingerprint density at radius 1 is 0.880 bits per heavy atom. The molecule has 4 nitrogen and oxygen atoms in total. The van der Waals surface area contributed by atoms with E-state index in [1.807, 2.05) is 49.4 Å². The molecule has 0 aliphatic heterocycles. The molecular weight excluding hydrogens is 310 g/mol. The molecule has 124 valence electrons. The van der Waals surface area contributed by atoms with E-state index in [9.17, 15) is 4.79 Å². The van der Waals surface area contributed by atoms with E-state index in [4.69, 9.17) is 0 Å². The normalized spacial score (nSPS) is 11.2. The number of rotatable bonds is 2. The summed E-state index contributed by atoms with van der Waals surface area (Å²) in [4.78, 5) is 17.5. The van der Waals surface area contributed by atoms with Crippen molar-refractivity contribution in [3.63, 3.8) is 0 Å². The summed E-state index contributed by atoms with van der Waals surface area (Å²) in [6, 6.07) is 16.0. The summed E-state index contributed by atoms with van der Waals surface area (Å²) in [5, 5.41) is 3.77. The van der Waals surface area contributed by atoms with Crippen LogP contribution < -0.4 is 5.56 Å². The molecule has 0 aliphatic carbocycles. The van der Waals surface area contributed by atoms with Gasteiger partial charge in [0.1, 0.15) is 0 Å². The highest BCUT2D eigenvalue weighted by molar-refractivity contribution is 5.93. The van der Waals surface area contributed by atoms with Gasteiger partial charge in [-0.3, -0.25) is 9.89 Å². The third-order valence-corrected chi connectivity index (χ3v) is 4.77. The van der Waals surface area contributed by atoms with E-state index in [1.165, 1.54) is 5.56 Å². The Morgan fingerprint density at radius 3 is 2.44 bits per heavy atom. The van der Waals surface area contributed by atoms with Gasteiger partial charge >= 0.3 is 0 Å². The highest BCUT2D eigenvalue weighted by Crippen LogP contribution is 2.27. The molecule has 0 aliphatic rings. The molecule has 0 bridgehead atoms. The highest BCUT2D eigenvalue weighted by atomic mass is 16.1. The van der Waals surface area contributed by atoms with Crippen LogP contribution in [0, 0.1) is 20.8 Å². The molecule has 25 heavy (non-hydrogen) atoms. The van der Waals surface area contributed by atoms with Gasteiger partial charge in [0.25, 0.3) is 5.56 Å². The molecule has 0 saturated heterocycles. The van der Waals surface area contributed by atoms with Crippen LogP contribution in [0.15, 0.2) is 59.5 Å². The molecule has 4 rings (SSSR count). The van der Waals surface area contributed by atoms with Gasteiger partial charge in [0.15, 0.2) is 5.65 Å². The van der Waals surface area contributed by atoms with E-state index in [0.29, 0.717) is 11.0 Å². The van der Waals surface area contributed by atoms with Crippen LogP contribution in [-0.4, -0.2) is 14.8 Å². The van der Waals surface area contributed by atoms with Crippen molar-refractivity contribution < 1.29 is 0 Å². The van der Waals surface area contributed by atoms with Gasteiger partial charge in [-0.05, 0) is 61.2 Å². The third kappa shape index (κ3) is 2.47. The third-order valence-electron chi connectivity index (χ3n) is 4.77. The number of hydrogen-bond acceptors (Lipinski definition) is 2. The fraction of sp³-hybridized carbons (Fsp3) is 0.143. The Hall–Kier alpha value is -3.14. The second kappa shape index (κ2) is 5.74. The number of benzene rings is 2. The van der Waals surface area contributed by atoms with Gasteiger partial charge < -0.3 is 0 Å². The molecule has 0 radical (unpaired) electrons. The quantitative estimate of drug-likeness (QED) is 0.596. The molecule has 4 aromatic rings. The molecule has 0 amide bonds. The lowest BCUT2D eigenvalue weighted by Gasteiger charge is -2.06. The lowest BCUT2D eigenvalue weighted by molar-refractivity contribution is 0.856. The fourth-order valence-corrected chi connectivity index (χ4v) is 3.18. The molecule has 0 spiro atoms. The summed E-state index contributed by atoms with van der Waals surface area (Å²) in [6.45, 7) is 6.16. The van der Waals surface area contributed by atoms with Crippen molar-refractivity contribution in [2.75, 3.05) is 0 Å². The first-order chi connectivity index (χ1) is 12.1. The summed E-state index contributed by atoms with van der Waals surface area (Å²) in [5.74, 6) is 0. The molecule has 0 saturated carbocycles. The van der Waals surface area contributed by atoms with E-state index in [-0.39, 0.29) is 5.56 Å². The lowest BCUT2D eigenvalue weighted by atomic mass is 9.99. The summed E-state index contributed by atoms with van der Waals surface area (Å²) >= 11 is 0. The van der Waals surface area contributed by atoms with Crippen molar-refractivity contribution in [3.05, 3.63) is 81.8 Å². The molecule has 0 fully saturated rings. The minimum absolute atomic E-state index is 0.0791. The van der Waals surface area contributed by atoms with Crippen molar-refractivity contribution in [1.29, 1.82) is 0 Å². The number of nitrogens with zero attached hydrogens (tertiary/aromatic N) is 2. The van der Waals surface area contributed by atoms with Gasteiger partial charge in [-0.25, -0.2) is 9.67 Å². The van der Waals surface area contributed by atoms with Crippen LogP contribution in [0.4, 0.5) is 0 Å². The summed E-state index contributed by atoms with van der Waals surface area (Å²) in [7, 11) is 0. The van der Waals surface area contributed by atoms with Crippen molar-refractivity contribution >= 4 is 11.0 Å². The minimum atomic E-state index is -0.0791. The molecule has 1 N–H and O–H groups in total. The first-order valence-electron chi connectivity index (χ1n) is 8.29. The standard InChI is InChI=1S/C21H19N3O/c1-13-8-9-16(12-15(13)3)24-21(25)19-18(10-11-22-20(19)23-24)17-7-5-4-6-14(17)2/h4-12H,1-3H3,(H,22,23). The van der Waals surface area contributed by atoms with E-state index in [0.717, 1.165) is 27.9 Å². The number of aryl methyl sites for hydroxylation is 3. The molecule has 2 heterocycles. The number of fused-ring (bicyclic) bond motifs is 1. The van der Waals surface area contributed by atoms with Gasteiger partial charge in [0.2, 0.25) is 0 Å². The Balaban J connectivity index is 2.01. The van der Waals surface area contributed by atoms with Crippen molar-refractivity contribution in [2.45, 2.75) is 20.8 Å². The maximum absolute atomic E-state index is 13.1. The predicted molar refractivity (Wildman–Crippen MR) is 101 cm³/mol. The lowest BCUT2D eigenvalue weighted by Crippen LogP contribution is -2.14. The monoisotopic (exact) mass is 329 g/mol. The van der Waals surface area contributed by atoms with Gasteiger partial charge in [-0.1, -0.05) is 30.3 Å². The number of nitrogens with one attached hydrogen (secondary N) is 1. The maximum Gasteiger partial charge on any atom is 0.281 e. The van der Waals surface area contributed by atoms with Gasteiger partial charge in [-0.15, -0.1) is 0 Å². The van der Waals surface area contributed by atoms with E-state index in [2.05, 4.69) is 30.0 Å². The average Bonchev–Trinajstić information content (AvgIpc) is 2.95. The minimum Gasteiger partial charge on any atom is -0.274 e. The second-order valence-corrected chi connectivity index (χ2v) is 6.42. The van der Waals surface area contributed by atoms with E-state index >= 15 is 0 Å². The zero-order chi connectivity index (χ0) is 17.6. The average molecular weight is 329 g/mol. The Kier molecular flexibility index (Phi) is 3.53. The van der Waals surface area contributed by atoms with Gasteiger partial charge in [0, 0.05) is 11.8 Å². The number of aromatic nitrogens is 3. The second-order valence-electron chi connectivity index (χ2n) is 6.42. The fourth-order valence-electron chi connectivity index (χ4n) is 3.18. The molecule has 0 atom stereocenters. The van der Waals surface area contributed by atoms with E-state index < -0.39 is 0 Å². The number of H-pyrrole nitrogens is 1. The van der Waals surface area contributed by atoms with Crippen LogP contribution in [0.1, 0.15) is 16.7 Å². The number of hydrogen-bond donors (Lipinski definition) is 1. The molecule has 4 heteroatoms. The van der Waals surface area contributed by atoms with Crippen LogP contribution in [0.5, 0.6) is 0 Å². The number of pyridine rings is 1. The Morgan fingerprint density at radius 2 is 1.68 bits per heavy atom. The summed E-state index contributed by atoms with van der Waals surface area (Å²) in [6.07, 6.45) is 1.74. The van der Waals surface area contributed by atoms with Crippen LogP contribution >= 0.6 is 0 Å². The summed E-state index contributed by atoms with van der Waals surface area (Å²) in [5.41, 5.74) is 6.79. The van der Waals surface area contributed by atoms with Crippen LogP contribution in [0.2, 0.25) is 0 Å². The predicted octanol–water partition coefficient (Wildman–Crippen LogP) is 4.31. The van der Waals surface area contributed by atoms with Gasteiger partial charge in [-0.2, -0.15) is 0 Å². The zero-order valence-electron chi connectivity index (χ0n) is 14.5. The molecule has 2 aromatic carbocycles. The number of aromatic amines is 1. The van der Waals surface area contributed by atoms with Crippen LogP contribution in [0.25, 0.3) is 27.8 Å². The smallest absolute Gasteiger partial charge is 0.274 e. The molecular formula is C21H19N3O. The molecule has 0 unspecified atom stereocenters. The van der Waals surface area contributed by atoms with Gasteiger partial charge in [0.05, 0.1) is 11.1 Å². The van der Waals surface area contributed by atoms with Crippen LogP contribution in [0.3, 0.4) is 0 Å². The van der Waals surface area contributed by atoms with Crippen molar-refractivity contribution in [2.24, 2.45) is 0 Å². The topological polar surface area (TPSA) is 50.7 Å². The zero-order valence-corrected chi connectivity index (χ0v) is 14.5. The Labute approximate surface area is 145 Å². The van der Waals surface area contributed by atoms with Crippen molar-refractivity contribution in [1.82, 2.24) is 14.8 Å². The van der Waals surface area contributed by atoms with Crippen LogP contribution in [-0.2, 0) is 0 Å². The largest absolute Gasteiger partial charge is 0.281 e. The SMILES string of the molecule is Cc1ccc(-n2[nH]c3nccc(-c4ccccc4C)c3c2=O)cc1C. The first kappa shape index (κ1) is 15.4. The Bertz CT molecular complexity index is 1150. The molecule has 2 aromatic heterocycles. The summed E-state index contributed by atoms with van der Waals surface area (Å²) < 4.78 is 1.58. The maximum atomic E-state index is 13.1.